The van der Waals surface area contributed by atoms with Gasteiger partial charge in [-0.2, -0.15) is 8.42 Å². The Hall–Kier alpha value is -0.170. The van der Waals surface area contributed by atoms with Gasteiger partial charge in [0.1, 0.15) is 0 Å². The first-order chi connectivity index (χ1) is 7.80. The topological polar surface area (TPSA) is 61.8 Å². The third kappa shape index (κ3) is 5.33. The molecule has 1 atom stereocenters. The van der Waals surface area contributed by atoms with Crippen LogP contribution in [-0.4, -0.2) is 40.8 Å². The van der Waals surface area contributed by atoms with E-state index in [1.165, 1.54) is 0 Å². The van der Waals surface area contributed by atoms with Crippen molar-refractivity contribution in [2.45, 2.75) is 44.5 Å². The van der Waals surface area contributed by atoms with Crippen molar-refractivity contribution < 1.29 is 22.1 Å². The lowest BCUT2D eigenvalue weighted by atomic mass is 9.98. The predicted molar refractivity (Wildman–Crippen MR) is 64.1 cm³/mol. The highest BCUT2D eigenvalue weighted by Crippen LogP contribution is 2.46. The minimum Gasteiger partial charge on any atom is -0.356 e. The van der Waals surface area contributed by atoms with E-state index in [0.717, 1.165) is 31.9 Å². The zero-order valence-corrected chi connectivity index (χ0v) is 11.7. The molecule has 0 saturated heterocycles. The molecule has 102 valence electrons. The maximum atomic E-state index is 11.1. The maximum absolute atomic E-state index is 11.1. The Balaban J connectivity index is 2.43. The number of ether oxygens (including phenoxy) is 2. The van der Waals surface area contributed by atoms with E-state index in [-0.39, 0.29) is 6.29 Å². The van der Waals surface area contributed by atoms with Crippen molar-refractivity contribution in [1.82, 2.24) is 0 Å². The second-order valence-corrected chi connectivity index (χ2v) is 6.49. The van der Waals surface area contributed by atoms with Gasteiger partial charge in [-0.05, 0) is 25.2 Å². The molecule has 17 heavy (non-hydrogen) atoms. The summed E-state index contributed by atoms with van der Waals surface area (Å²) in [4.78, 5) is 0. The SMILES string of the molecule is COC(C[C@@H](C)CC1(OS(C)(=O)=O)CC1)OC. The molecule has 0 aromatic rings. The molecule has 1 rings (SSSR count). The molecule has 1 aliphatic carbocycles. The molecular formula is C11H22O5S. The Morgan fingerprint density at radius 3 is 2.12 bits per heavy atom. The van der Waals surface area contributed by atoms with E-state index in [1.54, 1.807) is 14.2 Å². The number of methoxy groups -OCH3 is 2. The second-order valence-electron chi connectivity index (χ2n) is 4.92. The Kier molecular flexibility index (Phi) is 4.95. The molecule has 0 spiro atoms. The van der Waals surface area contributed by atoms with Gasteiger partial charge in [-0.25, -0.2) is 0 Å². The van der Waals surface area contributed by atoms with Gasteiger partial charge in [0.15, 0.2) is 6.29 Å². The van der Waals surface area contributed by atoms with Crippen LogP contribution in [0.3, 0.4) is 0 Å². The summed E-state index contributed by atoms with van der Waals surface area (Å²) < 4.78 is 37.7. The van der Waals surface area contributed by atoms with E-state index in [9.17, 15) is 8.42 Å². The summed E-state index contributed by atoms with van der Waals surface area (Å²) in [6.07, 6.45) is 3.96. The van der Waals surface area contributed by atoms with Gasteiger partial charge in [-0.15, -0.1) is 0 Å². The van der Waals surface area contributed by atoms with Crippen LogP contribution in [0.2, 0.25) is 0 Å². The highest BCUT2D eigenvalue weighted by Gasteiger charge is 2.47. The van der Waals surface area contributed by atoms with Gasteiger partial charge in [0.2, 0.25) is 0 Å². The van der Waals surface area contributed by atoms with Crippen LogP contribution in [0, 0.1) is 5.92 Å². The summed E-state index contributed by atoms with van der Waals surface area (Å²) >= 11 is 0. The van der Waals surface area contributed by atoms with E-state index in [2.05, 4.69) is 6.92 Å². The zero-order valence-electron chi connectivity index (χ0n) is 10.9. The first-order valence-electron chi connectivity index (χ1n) is 5.76. The third-order valence-corrected chi connectivity index (χ3v) is 3.63. The molecule has 1 fully saturated rings. The van der Waals surface area contributed by atoms with Gasteiger partial charge < -0.3 is 9.47 Å². The molecule has 0 aromatic carbocycles. The Labute approximate surface area is 104 Å². The molecule has 0 amide bonds. The van der Waals surface area contributed by atoms with E-state index >= 15 is 0 Å². The van der Waals surface area contributed by atoms with Gasteiger partial charge in [0.25, 0.3) is 10.1 Å². The van der Waals surface area contributed by atoms with Gasteiger partial charge in [0, 0.05) is 20.6 Å². The highest BCUT2D eigenvalue weighted by molar-refractivity contribution is 7.86. The van der Waals surface area contributed by atoms with Crippen LogP contribution >= 0.6 is 0 Å². The van der Waals surface area contributed by atoms with Crippen LogP contribution < -0.4 is 0 Å². The third-order valence-electron chi connectivity index (χ3n) is 2.98. The van der Waals surface area contributed by atoms with Gasteiger partial charge in [-0.3, -0.25) is 4.18 Å². The molecule has 1 aliphatic rings. The van der Waals surface area contributed by atoms with E-state index < -0.39 is 15.7 Å². The monoisotopic (exact) mass is 266 g/mol. The van der Waals surface area contributed by atoms with E-state index in [1.807, 2.05) is 0 Å². The normalized spacial score (nSPS) is 20.5. The predicted octanol–water partition coefficient (Wildman–Crippen LogP) is 1.53. The highest BCUT2D eigenvalue weighted by atomic mass is 32.2. The van der Waals surface area contributed by atoms with Crippen LogP contribution in [0.5, 0.6) is 0 Å². The van der Waals surface area contributed by atoms with Crippen molar-refractivity contribution >= 4 is 10.1 Å². The first-order valence-corrected chi connectivity index (χ1v) is 7.58. The molecule has 0 N–H and O–H groups in total. The van der Waals surface area contributed by atoms with Crippen LogP contribution in [0.4, 0.5) is 0 Å². The largest absolute Gasteiger partial charge is 0.356 e. The van der Waals surface area contributed by atoms with Gasteiger partial charge in [0.05, 0.1) is 11.9 Å². The molecule has 0 aromatic heterocycles. The van der Waals surface area contributed by atoms with Crippen molar-refractivity contribution in [2.75, 3.05) is 20.5 Å². The number of hydrogen-bond acceptors (Lipinski definition) is 5. The number of hydrogen-bond donors (Lipinski definition) is 0. The lowest BCUT2D eigenvalue weighted by Gasteiger charge is -2.22. The van der Waals surface area contributed by atoms with Crippen LogP contribution in [-0.2, 0) is 23.8 Å². The van der Waals surface area contributed by atoms with Crippen molar-refractivity contribution in [2.24, 2.45) is 5.92 Å². The fourth-order valence-electron chi connectivity index (χ4n) is 2.12. The van der Waals surface area contributed by atoms with Crippen molar-refractivity contribution in [3.63, 3.8) is 0 Å². The van der Waals surface area contributed by atoms with E-state index in [4.69, 9.17) is 13.7 Å². The summed E-state index contributed by atoms with van der Waals surface area (Å²) in [7, 11) is -0.171. The Morgan fingerprint density at radius 2 is 1.76 bits per heavy atom. The fraction of sp³-hybridized carbons (Fsp3) is 1.00. The van der Waals surface area contributed by atoms with Crippen molar-refractivity contribution in [3.8, 4) is 0 Å². The molecule has 6 heteroatoms. The second kappa shape index (κ2) is 5.65. The van der Waals surface area contributed by atoms with Crippen molar-refractivity contribution in [1.29, 1.82) is 0 Å². The summed E-state index contributed by atoms with van der Waals surface area (Å²) in [5.74, 6) is 0.296. The number of rotatable bonds is 8. The average molecular weight is 266 g/mol. The summed E-state index contributed by atoms with van der Waals surface area (Å²) in [5, 5.41) is 0. The molecule has 0 unspecified atom stereocenters. The summed E-state index contributed by atoms with van der Waals surface area (Å²) in [6.45, 7) is 2.05. The summed E-state index contributed by atoms with van der Waals surface area (Å²) in [6, 6.07) is 0. The minimum atomic E-state index is -3.37. The smallest absolute Gasteiger partial charge is 0.264 e. The molecule has 1 saturated carbocycles. The van der Waals surface area contributed by atoms with Crippen LogP contribution in [0.15, 0.2) is 0 Å². The van der Waals surface area contributed by atoms with E-state index in [0.29, 0.717) is 5.92 Å². The maximum Gasteiger partial charge on any atom is 0.264 e. The van der Waals surface area contributed by atoms with Crippen molar-refractivity contribution in [3.05, 3.63) is 0 Å². The van der Waals surface area contributed by atoms with Gasteiger partial charge >= 0.3 is 0 Å². The minimum absolute atomic E-state index is 0.237. The summed E-state index contributed by atoms with van der Waals surface area (Å²) in [5.41, 5.74) is -0.459. The Morgan fingerprint density at radius 1 is 1.24 bits per heavy atom. The molecule has 0 heterocycles. The fourth-order valence-corrected chi connectivity index (χ4v) is 2.99. The molecular weight excluding hydrogens is 244 g/mol. The lowest BCUT2D eigenvalue weighted by Crippen LogP contribution is -2.24. The zero-order chi connectivity index (χ0) is 13.1. The quantitative estimate of drug-likeness (QED) is 0.492. The van der Waals surface area contributed by atoms with Gasteiger partial charge in [-0.1, -0.05) is 6.92 Å². The molecule has 0 bridgehead atoms. The molecule has 5 nitrogen and oxygen atoms in total. The standard InChI is InChI=1S/C11H22O5S/c1-9(7-10(14-2)15-3)8-11(5-6-11)16-17(4,12)13/h9-10H,5-8H2,1-4H3/t9-/m1/s1. The average Bonchev–Trinajstić information content (AvgIpc) is 2.90. The lowest BCUT2D eigenvalue weighted by molar-refractivity contribution is -0.114. The van der Waals surface area contributed by atoms with Crippen LogP contribution in [0.25, 0.3) is 0 Å². The Bertz CT molecular complexity index is 330. The van der Waals surface area contributed by atoms with Crippen LogP contribution in [0.1, 0.15) is 32.6 Å². The molecule has 0 radical (unpaired) electrons. The first kappa shape index (κ1) is 14.9. The molecule has 0 aliphatic heterocycles.